The fourth-order valence-corrected chi connectivity index (χ4v) is 2.82. The molecule has 15 heavy (non-hydrogen) atoms. The maximum absolute atomic E-state index is 12.1. The van der Waals surface area contributed by atoms with Gasteiger partial charge in [-0.1, -0.05) is 32.6 Å². The van der Waals surface area contributed by atoms with E-state index in [9.17, 15) is 4.79 Å². The SMILES string of the molecule is C#CCC(=O)C1(N(CC)CC)CCCC1. The Labute approximate surface area is 93.0 Å². The molecule has 0 atom stereocenters. The molecule has 0 aromatic carbocycles. The van der Waals surface area contributed by atoms with Gasteiger partial charge in [0.1, 0.15) is 0 Å². The lowest BCUT2D eigenvalue weighted by Gasteiger charge is -2.38. The van der Waals surface area contributed by atoms with Gasteiger partial charge in [0.25, 0.3) is 0 Å². The molecule has 1 aliphatic carbocycles. The van der Waals surface area contributed by atoms with Gasteiger partial charge in [0.2, 0.25) is 0 Å². The monoisotopic (exact) mass is 207 g/mol. The van der Waals surface area contributed by atoms with Crippen LogP contribution in [-0.2, 0) is 4.79 Å². The highest BCUT2D eigenvalue weighted by atomic mass is 16.1. The van der Waals surface area contributed by atoms with Crippen LogP contribution in [0.15, 0.2) is 0 Å². The Bertz CT molecular complexity index is 254. The molecule has 0 unspecified atom stereocenters. The van der Waals surface area contributed by atoms with Crippen molar-refractivity contribution in [1.29, 1.82) is 0 Å². The lowest BCUT2D eigenvalue weighted by molar-refractivity contribution is -0.130. The Kier molecular flexibility index (Phi) is 4.35. The first-order valence-electron chi connectivity index (χ1n) is 5.93. The number of carbonyl (C=O) groups is 1. The molecule has 0 aliphatic heterocycles. The van der Waals surface area contributed by atoms with Gasteiger partial charge >= 0.3 is 0 Å². The van der Waals surface area contributed by atoms with Gasteiger partial charge in [-0.05, 0) is 25.9 Å². The number of rotatable bonds is 5. The number of hydrogen-bond acceptors (Lipinski definition) is 2. The van der Waals surface area contributed by atoms with Gasteiger partial charge in [0.05, 0.1) is 12.0 Å². The van der Waals surface area contributed by atoms with E-state index in [4.69, 9.17) is 6.42 Å². The summed E-state index contributed by atoms with van der Waals surface area (Å²) in [6, 6.07) is 0. The summed E-state index contributed by atoms with van der Waals surface area (Å²) in [6.07, 6.45) is 9.85. The molecule has 0 N–H and O–H groups in total. The second-order valence-electron chi connectivity index (χ2n) is 4.22. The molecule has 0 heterocycles. The second kappa shape index (κ2) is 5.32. The molecule has 1 saturated carbocycles. The predicted molar refractivity (Wildman–Crippen MR) is 62.6 cm³/mol. The Morgan fingerprint density at radius 1 is 1.33 bits per heavy atom. The smallest absolute Gasteiger partial charge is 0.164 e. The van der Waals surface area contributed by atoms with Crippen molar-refractivity contribution < 1.29 is 4.79 Å². The van der Waals surface area contributed by atoms with Crippen LogP contribution < -0.4 is 0 Å². The van der Waals surface area contributed by atoms with Crippen LogP contribution in [-0.4, -0.2) is 29.3 Å². The summed E-state index contributed by atoms with van der Waals surface area (Å²) in [6.45, 7) is 6.11. The van der Waals surface area contributed by atoms with Crippen LogP contribution in [0, 0.1) is 12.3 Å². The molecule has 1 fully saturated rings. The van der Waals surface area contributed by atoms with Crippen LogP contribution in [0.2, 0.25) is 0 Å². The first-order chi connectivity index (χ1) is 7.21. The maximum atomic E-state index is 12.1. The van der Waals surface area contributed by atoms with Gasteiger partial charge in [0.15, 0.2) is 5.78 Å². The molecule has 2 nitrogen and oxygen atoms in total. The van der Waals surface area contributed by atoms with E-state index in [1.165, 1.54) is 0 Å². The highest BCUT2D eigenvalue weighted by Crippen LogP contribution is 2.36. The van der Waals surface area contributed by atoms with Crippen molar-refractivity contribution in [2.45, 2.75) is 51.5 Å². The van der Waals surface area contributed by atoms with Crippen LogP contribution in [0.3, 0.4) is 0 Å². The Morgan fingerprint density at radius 2 is 1.87 bits per heavy atom. The summed E-state index contributed by atoms with van der Waals surface area (Å²) in [7, 11) is 0. The maximum Gasteiger partial charge on any atom is 0.164 e. The zero-order chi connectivity index (χ0) is 11.3. The quantitative estimate of drug-likeness (QED) is 0.644. The van der Waals surface area contributed by atoms with Crippen molar-refractivity contribution in [1.82, 2.24) is 4.90 Å². The van der Waals surface area contributed by atoms with E-state index in [0.717, 1.165) is 38.8 Å². The molecule has 0 bridgehead atoms. The minimum absolute atomic E-state index is 0.226. The van der Waals surface area contributed by atoms with Crippen LogP contribution in [0.1, 0.15) is 46.0 Å². The number of ketones is 1. The average molecular weight is 207 g/mol. The van der Waals surface area contributed by atoms with Gasteiger partial charge in [-0.25, -0.2) is 0 Å². The third-order valence-electron chi connectivity index (χ3n) is 3.58. The van der Waals surface area contributed by atoms with E-state index in [1.54, 1.807) is 0 Å². The van der Waals surface area contributed by atoms with Crippen molar-refractivity contribution in [2.24, 2.45) is 0 Å². The molecule has 0 aromatic heterocycles. The first-order valence-corrected chi connectivity index (χ1v) is 5.93. The Hall–Kier alpha value is -0.810. The topological polar surface area (TPSA) is 20.3 Å². The van der Waals surface area contributed by atoms with Crippen molar-refractivity contribution in [3.05, 3.63) is 0 Å². The molecule has 84 valence electrons. The molecule has 1 rings (SSSR count). The van der Waals surface area contributed by atoms with Gasteiger partial charge in [0, 0.05) is 0 Å². The van der Waals surface area contributed by atoms with E-state index in [2.05, 4.69) is 24.7 Å². The summed E-state index contributed by atoms with van der Waals surface area (Å²) in [5, 5.41) is 0. The largest absolute Gasteiger partial charge is 0.297 e. The summed E-state index contributed by atoms with van der Waals surface area (Å²) in [5.41, 5.74) is -0.226. The number of carbonyl (C=O) groups excluding carboxylic acids is 1. The summed E-state index contributed by atoms with van der Waals surface area (Å²) >= 11 is 0. The van der Waals surface area contributed by atoms with Crippen molar-refractivity contribution in [3.63, 3.8) is 0 Å². The molecule has 2 heteroatoms. The molecule has 0 aromatic rings. The van der Waals surface area contributed by atoms with Crippen LogP contribution in [0.4, 0.5) is 0 Å². The lowest BCUT2D eigenvalue weighted by atomic mass is 9.88. The lowest BCUT2D eigenvalue weighted by Crippen LogP contribution is -2.52. The van der Waals surface area contributed by atoms with Gasteiger partial charge in [-0.2, -0.15) is 0 Å². The molecule has 0 radical (unpaired) electrons. The summed E-state index contributed by atoms with van der Waals surface area (Å²) in [4.78, 5) is 14.4. The van der Waals surface area contributed by atoms with Gasteiger partial charge in [-0.3, -0.25) is 9.69 Å². The minimum Gasteiger partial charge on any atom is -0.297 e. The second-order valence-corrected chi connectivity index (χ2v) is 4.22. The number of hydrogen-bond donors (Lipinski definition) is 0. The number of nitrogens with zero attached hydrogens (tertiary/aromatic N) is 1. The van der Waals surface area contributed by atoms with E-state index < -0.39 is 0 Å². The van der Waals surface area contributed by atoms with Crippen LogP contribution in [0.25, 0.3) is 0 Å². The standard InChI is InChI=1S/C13H21NO/c1-4-9-12(15)13(10-7-8-11-13)14(5-2)6-3/h1H,5-11H2,2-3H3. The molecular formula is C13H21NO. The highest BCUT2D eigenvalue weighted by molar-refractivity contribution is 5.90. The third-order valence-corrected chi connectivity index (χ3v) is 3.58. The van der Waals surface area contributed by atoms with E-state index in [0.29, 0.717) is 0 Å². The van der Waals surface area contributed by atoms with E-state index >= 15 is 0 Å². The summed E-state index contributed by atoms with van der Waals surface area (Å²) < 4.78 is 0. The third kappa shape index (κ3) is 2.23. The van der Waals surface area contributed by atoms with Crippen LogP contribution >= 0.6 is 0 Å². The van der Waals surface area contributed by atoms with Gasteiger partial charge in [-0.15, -0.1) is 6.42 Å². The molecule has 0 amide bonds. The fourth-order valence-electron chi connectivity index (χ4n) is 2.82. The fraction of sp³-hybridized carbons (Fsp3) is 0.769. The first kappa shape index (κ1) is 12.3. The van der Waals surface area contributed by atoms with Crippen molar-refractivity contribution in [2.75, 3.05) is 13.1 Å². The molecule has 0 saturated heterocycles. The highest BCUT2D eigenvalue weighted by Gasteiger charge is 2.43. The predicted octanol–water partition coefficient (Wildman–Crippen LogP) is 2.23. The van der Waals surface area contributed by atoms with E-state index in [1.807, 2.05) is 0 Å². The molecule has 0 spiro atoms. The zero-order valence-electron chi connectivity index (χ0n) is 9.88. The van der Waals surface area contributed by atoms with Crippen molar-refractivity contribution >= 4 is 5.78 Å². The zero-order valence-corrected chi connectivity index (χ0v) is 9.88. The van der Waals surface area contributed by atoms with Crippen LogP contribution in [0.5, 0.6) is 0 Å². The van der Waals surface area contributed by atoms with Gasteiger partial charge < -0.3 is 0 Å². The normalized spacial score (nSPS) is 19.1. The number of likely N-dealkylation sites (N-methyl/N-ethyl adjacent to an activating group) is 1. The average Bonchev–Trinajstić information content (AvgIpc) is 2.70. The Balaban J connectivity index is 2.87. The van der Waals surface area contributed by atoms with Crippen molar-refractivity contribution in [3.8, 4) is 12.3 Å². The molecule has 1 aliphatic rings. The Morgan fingerprint density at radius 3 is 2.27 bits per heavy atom. The van der Waals surface area contributed by atoms with E-state index in [-0.39, 0.29) is 17.7 Å². The number of Topliss-reactive ketones (excluding diaryl/α,β-unsaturated/α-hetero) is 1. The minimum atomic E-state index is -0.226. The molecular weight excluding hydrogens is 186 g/mol. The summed E-state index contributed by atoms with van der Waals surface area (Å²) in [5.74, 6) is 2.75. The number of terminal acetylenes is 1.